The summed E-state index contributed by atoms with van der Waals surface area (Å²) in [7, 11) is 0. The van der Waals surface area contributed by atoms with Crippen molar-refractivity contribution in [3.63, 3.8) is 0 Å². The van der Waals surface area contributed by atoms with Gasteiger partial charge in [0.25, 0.3) is 0 Å². The van der Waals surface area contributed by atoms with Gasteiger partial charge in [0.05, 0.1) is 12.3 Å². The summed E-state index contributed by atoms with van der Waals surface area (Å²) in [6.45, 7) is 0.668. The van der Waals surface area contributed by atoms with Crippen LogP contribution in [0.2, 0.25) is 5.02 Å². The van der Waals surface area contributed by atoms with Gasteiger partial charge in [-0.3, -0.25) is 9.59 Å². The number of aliphatic carboxylic acids is 1. The zero-order chi connectivity index (χ0) is 14.0. The molecule has 0 radical (unpaired) electrons. The van der Waals surface area contributed by atoms with Crippen LogP contribution in [-0.4, -0.2) is 35.0 Å². The first-order valence-electron chi connectivity index (χ1n) is 5.92. The van der Waals surface area contributed by atoms with Crippen LogP contribution in [0, 0.1) is 11.7 Å². The van der Waals surface area contributed by atoms with Crippen LogP contribution in [0.3, 0.4) is 0 Å². The van der Waals surface area contributed by atoms with Crippen molar-refractivity contribution in [3.05, 3.63) is 34.6 Å². The van der Waals surface area contributed by atoms with Crippen LogP contribution in [0.4, 0.5) is 4.39 Å². The molecular formula is C13H13ClFNO3. The Morgan fingerprint density at radius 3 is 2.79 bits per heavy atom. The Hall–Kier alpha value is -1.62. The highest BCUT2D eigenvalue weighted by Gasteiger charge is 2.30. The minimum absolute atomic E-state index is 0.0610. The highest BCUT2D eigenvalue weighted by molar-refractivity contribution is 6.31. The molecule has 4 nitrogen and oxygen atoms in total. The third-order valence-electron chi connectivity index (χ3n) is 3.25. The molecule has 0 aliphatic carbocycles. The van der Waals surface area contributed by atoms with Crippen LogP contribution in [0.25, 0.3) is 0 Å². The monoisotopic (exact) mass is 285 g/mol. The zero-order valence-corrected chi connectivity index (χ0v) is 10.9. The van der Waals surface area contributed by atoms with Gasteiger partial charge in [-0.15, -0.1) is 0 Å². The lowest BCUT2D eigenvalue weighted by Crippen LogP contribution is -2.31. The molecule has 102 valence electrons. The van der Waals surface area contributed by atoms with Crippen molar-refractivity contribution < 1.29 is 19.1 Å². The lowest BCUT2D eigenvalue weighted by molar-refractivity contribution is -0.141. The first-order chi connectivity index (χ1) is 8.97. The fraction of sp³-hybridized carbons (Fsp3) is 0.385. The van der Waals surface area contributed by atoms with Crippen molar-refractivity contribution in [2.24, 2.45) is 5.92 Å². The van der Waals surface area contributed by atoms with Crippen molar-refractivity contribution in [2.45, 2.75) is 12.8 Å². The SMILES string of the molecule is O=C(O)[C@@H]1CCN(C(=O)Cc2ccc(F)cc2Cl)C1. The second-order valence-electron chi connectivity index (χ2n) is 4.58. The molecule has 1 N–H and O–H groups in total. The van der Waals surface area contributed by atoms with Crippen LogP contribution in [0.5, 0.6) is 0 Å². The van der Waals surface area contributed by atoms with E-state index >= 15 is 0 Å². The maximum Gasteiger partial charge on any atom is 0.308 e. The lowest BCUT2D eigenvalue weighted by Gasteiger charge is -2.16. The average Bonchev–Trinajstić information content (AvgIpc) is 2.82. The minimum Gasteiger partial charge on any atom is -0.481 e. The van der Waals surface area contributed by atoms with E-state index in [0.717, 1.165) is 6.07 Å². The molecule has 0 unspecified atom stereocenters. The van der Waals surface area contributed by atoms with Gasteiger partial charge in [-0.2, -0.15) is 0 Å². The van der Waals surface area contributed by atoms with Gasteiger partial charge in [-0.25, -0.2) is 4.39 Å². The smallest absolute Gasteiger partial charge is 0.308 e. The first kappa shape index (κ1) is 13.8. The Balaban J connectivity index is 2.00. The van der Waals surface area contributed by atoms with E-state index in [1.54, 1.807) is 0 Å². The van der Waals surface area contributed by atoms with Gasteiger partial charge in [0, 0.05) is 18.1 Å². The quantitative estimate of drug-likeness (QED) is 0.923. The van der Waals surface area contributed by atoms with Crippen molar-refractivity contribution in [2.75, 3.05) is 13.1 Å². The third-order valence-corrected chi connectivity index (χ3v) is 3.60. The summed E-state index contributed by atoms with van der Waals surface area (Å²) in [4.78, 5) is 24.3. The number of carboxylic acid groups (broad SMARTS) is 1. The van der Waals surface area contributed by atoms with Crippen LogP contribution in [0.15, 0.2) is 18.2 Å². The summed E-state index contributed by atoms with van der Waals surface area (Å²) in [5.74, 6) is -2.01. The number of benzene rings is 1. The molecule has 0 saturated carbocycles. The number of hydrogen-bond acceptors (Lipinski definition) is 2. The molecule has 0 spiro atoms. The molecule has 1 fully saturated rings. The lowest BCUT2D eigenvalue weighted by atomic mass is 10.1. The number of hydrogen-bond donors (Lipinski definition) is 1. The number of halogens is 2. The van der Waals surface area contributed by atoms with E-state index in [1.807, 2.05) is 0 Å². The Kier molecular flexibility index (Phi) is 4.04. The summed E-state index contributed by atoms with van der Waals surface area (Å²) >= 11 is 5.85. The summed E-state index contributed by atoms with van der Waals surface area (Å²) < 4.78 is 12.9. The molecule has 19 heavy (non-hydrogen) atoms. The Morgan fingerprint density at radius 2 is 2.21 bits per heavy atom. The zero-order valence-electron chi connectivity index (χ0n) is 10.1. The van der Waals surface area contributed by atoms with E-state index in [-0.39, 0.29) is 23.9 Å². The van der Waals surface area contributed by atoms with E-state index in [1.165, 1.54) is 17.0 Å². The van der Waals surface area contributed by atoms with E-state index < -0.39 is 17.7 Å². The summed E-state index contributed by atoms with van der Waals surface area (Å²) in [5, 5.41) is 9.09. The van der Waals surface area contributed by atoms with Gasteiger partial charge in [-0.05, 0) is 24.1 Å². The molecule has 1 aromatic rings. The first-order valence-corrected chi connectivity index (χ1v) is 6.29. The van der Waals surface area contributed by atoms with E-state index in [2.05, 4.69) is 0 Å². The molecule has 1 aliphatic rings. The fourth-order valence-corrected chi connectivity index (χ4v) is 2.36. The Labute approximate surface area is 114 Å². The fourth-order valence-electron chi connectivity index (χ4n) is 2.13. The standard InChI is InChI=1S/C13H13ClFNO3/c14-11-6-10(15)2-1-8(11)5-12(17)16-4-3-9(7-16)13(18)19/h1-2,6,9H,3-5,7H2,(H,18,19)/t9-/m1/s1. The van der Waals surface area contributed by atoms with Gasteiger partial charge in [0.1, 0.15) is 5.82 Å². The van der Waals surface area contributed by atoms with Crippen molar-refractivity contribution in [3.8, 4) is 0 Å². The number of carboxylic acids is 1. The van der Waals surface area contributed by atoms with Crippen LogP contribution >= 0.6 is 11.6 Å². The molecule has 2 rings (SSSR count). The van der Waals surface area contributed by atoms with E-state index in [9.17, 15) is 14.0 Å². The van der Waals surface area contributed by atoms with Gasteiger partial charge in [-0.1, -0.05) is 17.7 Å². The Morgan fingerprint density at radius 1 is 1.47 bits per heavy atom. The van der Waals surface area contributed by atoms with Crippen molar-refractivity contribution in [1.29, 1.82) is 0 Å². The predicted octanol–water partition coefficient (Wildman–Crippen LogP) is 1.95. The summed E-state index contributed by atoms with van der Waals surface area (Å²) in [5.41, 5.74) is 0.548. The maximum absolute atomic E-state index is 12.9. The van der Waals surface area contributed by atoms with Gasteiger partial charge >= 0.3 is 5.97 Å². The predicted molar refractivity (Wildman–Crippen MR) is 67.4 cm³/mol. The highest BCUT2D eigenvalue weighted by Crippen LogP contribution is 2.21. The molecule has 1 heterocycles. The average molecular weight is 286 g/mol. The van der Waals surface area contributed by atoms with Gasteiger partial charge < -0.3 is 10.0 Å². The molecule has 1 saturated heterocycles. The van der Waals surface area contributed by atoms with Crippen molar-refractivity contribution in [1.82, 2.24) is 4.90 Å². The van der Waals surface area contributed by atoms with Crippen LogP contribution < -0.4 is 0 Å². The third kappa shape index (κ3) is 3.23. The highest BCUT2D eigenvalue weighted by atomic mass is 35.5. The number of rotatable bonds is 3. The van der Waals surface area contributed by atoms with E-state index in [0.29, 0.717) is 18.5 Å². The number of carbonyl (C=O) groups excluding carboxylic acids is 1. The molecular weight excluding hydrogens is 273 g/mol. The summed E-state index contributed by atoms with van der Waals surface area (Å²) in [6, 6.07) is 3.88. The van der Waals surface area contributed by atoms with Crippen LogP contribution in [0.1, 0.15) is 12.0 Å². The molecule has 1 atom stereocenters. The minimum atomic E-state index is -0.880. The van der Waals surface area contributed by atoms with Gasteiger partial charge in [0.2, 0.25) is 5.91 Å². The molecule has 0 bridgehead atoms. The number of nitrogens with zero attached hydrogens (tertiary/aromatic N) is 1. The van der Waals surface area contributed by atoms with Crippen LogP contribution in [-0.2, 0) is 16.0 Å². The topological polar surface area (TPSA) is 57.6 Å². The second-order valence-corrected chi connectivity index (χ2v) is 4.98. The molecule has 1 aliphatic heterocycles. The number of amides is 1. The molecule has 1 amide bonds. The second kappa shape index (κ2) is 5.57. The Bertz CT molecular complexity index is 521. The molecule has 1 aromatic carbocycles. The largest absolute Gasteiger partial charge is 0.481 e. The van der Waals surface area contributed by atoms with Crippen molar-refractivity contribution >= 4 is 23.5 Å². The number of likely N-dealkylation sites (tertiary alicyclic amines) is 1. The van der Waals surface area contributed by atoms with Gasteiger partial charge in [0.15, 0.2) is 0 Å². The maximum atomic E-state index is 12.9. The normalized spacial score (nSPS) is 18.6. The summed E-state index contributed by atoms with van der Waals surface area (Å²) in [6.07, 6.45) is 0.531. The molecule has 6 heteroatoms. The number of carbonyl (C=O) groups is 2. The van der Waals surface area contributed by atoms with E-state index in [4.69, 9.17) is 16.7 Å². The molecule has 0 aromatic heterocycles.